The van der Waals surface area contributed by atoms with E-state index in [1.54, 1.807) is 0 Å². The standard InChI is InChI=1S/C22H19BrFN3O6S/c1-14-3-9-18(12-21(14)27(29)30)34(31,32)26(16-5-7-17(33-2)8-6-16)13-22(28)25-20-10-4-15(23)11-19(20)24/h3-12H,13H2,1-2H3,(H,25,28). The highest BCUT2D eigenvalue weighted by atomic mass is 79.9. The third kappa shape index (κ3) is 5.51. The molecular weight excluding hydrogens is 533 g/mol. The highest BCUT2D eigenvalue weighted by Crippen LogP contribution is 2.29. The number of nitrogens with one attached hydrogen (secondary N) is 1. The lowest BCUT2D eigenvalue weighted by atomic mass is 10.2. The number of anilines is 2. The molecule has 1 N–H and O–H groups in total. The van der Waals surface area contributed by atoms with Crippen molar-refractivity contribution in [2.75, 3.05) is 23.3 Å². The maximum atomic E-state index is 14.2. The SMILES string of the molecule is COc1ccc(N(CC(=O)Nc2ccc(Br)cc2F)S(=O)(=O)c2ccc(C)c([N+](=O)[O-])c2)cc1. The van der Waals surface area contributed by atoms with Gasteiger partial charge in [-0.3, -0.25) is 19.2 Å². The average Bonchev–Trinajstić information content (AvgIpc) is 2.79. The number of carbonyl (C=O) groups is 1. The van der Waals surface area contributed by atoms with Crippen LogP contribution in [0.3, 0.4) is 0 Å². The van der Waals surface area contributed by atoms with Crippen molar-refractivity contribution < 1.29 is 27.3 Å². The van der Waals surface area contributed by atoms with Crippen LogP contribution >= 0.6 is 15.9 Å². The molecule has 12 heteroatoms. The molecule has 0 aromatic heterocycles. The highest BCUT2D eigenvalue weighted by Gasteiger charge is 2.29. The average molecular weight is 552 g/mol. The van der Waals surface area contributed by atoms with E-state index in [9.17, 15) is 27.7 Å². The number of nitro groups is 1. The maximum Gasteiger partial charge on any atom is 0.273 e. The van der Waals surface area contributed by atoms with Crippen molar-refractivity contribution in [1.29, 1.82) is 0 Å². The second-order valence-corrected chi connectivity index (χ2v) is 9.87. The Balaban J connectivity index is 2.02. The molecule has 3 aromatic carbocycles. The molecule has 0 aliphatic carbocycles. The van der Waals surface area contributed by atoms with Crippen molar-refractivity contribution in [1.82, 2.24) is 0 Å². The molecule has 0 spiro atoms. The summed E-state index contributed by atoms with van der Waals surface area (Å²) in [5.74, 6) is -1.08. The second kappa shape index (κ2) is 10.2. The maximum absolute atomic E-state index is 14.2. The molecule has 0 unspecified atom stereocenters. The van der Waals surface area contributed by atoms with Crippen LogP contribution in [0.2, 0.25) is 0 Å². The molecule has 34 heavy (non-hydrogen) atoms. The molecule has 3 aromatic rings. The Morgan fingerprint density at radius 2 is 1.82 bits per heavy atom. The monoisotopic (exact) mass is 551 g/mol. The van der Waals surface area contributed by atoms with Crippen LogP contribution in [0.5, 0.6) is 5.75 Å². The molecule has 0 saturated heterocycles. The van der Waals surface area contributed by atoms with Gasteiger partial charge in [-0.1, -0.05) is 22.0 Å². The van der Waals surface area contributed by atoms with Gasteiger partial charge in [-0.2, -0.15) is 0 Å². The first-order chi connectivity index (χ1) is 16.0. The van der Waals surface area contributed by atoms with Crippen LogP contribution in [0.4, 0.5) is 21.5 Å². The number of hydrogen-bond acceptors (Lipinski definition) is 6. The van der Waals surface area contributed by atoms with Gasteiger partial charge in [-0.25, -0.2) is 12.8 Å². The van der Waals surface area contributed by atoms with E-state index in [0.29, 0.717) is 10.2 Å². The number of benzene rings is 3. The highest BCUT2D eigenvalue weighted by molar-refractivity contribution is 9.10. The number of carbonyl (C=O) groups excluding carboxylic acids is 1. The fourth-order valence-corrected chi connectivity index (χ4v) is 4.82. The summed E-state index contributed by atoms with van der Waals surface area (Å²) < 4.78 is 47.5. The van der Waals surface area contributed by atoms with Gasteiger partial charge in [0.25, 0.3) is 15.7 Å². The van der Waals surface area contributed by atoms with E-state index >= 15 is 0 Å². The minimum Gasteiger partial charge on any atom is -0.497 e. The first-order valence-electron chi connectivity index (χ1n) is 9.69. The van der Waals surface area contributed by atoms with Crippen LogP contribution in [0.1, 0.15) is 5.56 Å². The van der Waals surface area contributed by atoms with Gasteiger partial charge in [0.2, 0.25) is 5.91 Å². The molecule has 0 radical (unpaired) electrons. The zero-order valence-electron chi connectivity index (χ0n) is 18.0. The molecule has 1 amide bonds. The van der Waals surface area contributed by atoms with Crippen LogP contribution in [0, 0.1) is 22.9 Å². The lowest BCUT2D eigenvalue weighted by Crippen LogP contribution is -2.38. The van der Waals surface area contributed by atoms with Crippen LogP contribution in [0.15, 0.2) is 70.0 Å². The van der Waals surface area contributed by atoms with Gasteiger partial charge < -0.3 is 10.1 Å². The third-order valence-electron chi connectivity index (χ3n) is 4.82. The topological polar surface area (TPSA) is 119 Å². The van der Waals surface area contributed by atoms with Crippen LogP contribution in [0.25, 0.3) is 0 Å². The van der Waals surface area contributed by atoms with E-state index in [-0.39, 0.29) is 27.5 Å². The van der Waals surface area contributed by atoms with E-state index in [1.165, 1.54) is 62.6 Å². The fraction of sp³-hybridized carbons (Fsp3) is 0.136. The Bertz CT molecular complexity index is 1350. The summed E-state index contributed by atoms with van der Waals surface area (Å²) in [6.45, 7) is 0.766. The van der Waals surface area contributed by atoms with Crippen molar-refractivity contribution in [3.8, 4) is 5.75 Å². The zero-order chi connectivity index (χ0) is 25.0. The molecule has 0 aliphatic heterocycles. The molecule has 0 bridgehead atoms. The zero-order valence-corrected chi connectivity index (χ0v) is 20.4. The molecule has 9 nitrogen and oxygen atoms in total. The Hall–Kier alpha value is -3.51. The number of hydrogen-bond donors (Lipinski definition) is 1. The van der Waals surface area contributed by atoms with Crippen molar-refractivity contribution in [2.24, 2.45) is 0 Å². The molecule has 0 aliphatic rings. The van der Waals surface area contributed by atoms with Gasteiger partial charge in [0.1, 0.15) is 18.1 Å². The Morgan fingerprint density at radius 3 is 2.41 bits per heavy atom. The summed E-state index contributed by atoms with van der Waals surface area (Å²) in [6, 6.07) is 13.3. The number of sulfonamides is 1. The Kier molecular flexibility index (Phi) is 7.52. The van der Waals surface area contributed by atoms with E-state index in [0.717, 1.165) is 16.4 Å². The first kappa shape index (κ1) is 25.1. The summed E-state index contributed by atoms with van der Waals surface area (Å²) in [6.07, 6.45) is 0. The van der Waals surface area contributed by atoms with Crippen molar-refractivity contribution in [2.45, 2.75) is 11.8 Å². The number of nitrogens with zero attached hydrogens (tertiary/aromatic N) is 2. The van der Waals surface area contributed by atoms with Crippen LogP contribution in [-0.2, 0) is 14.8 Å². The third-order valence-corrected chi connectivity index (χ3v) is 7.08. The Morgan fingerprint density at radius 1 is 1.15 bits per heavy atom. The predicted octanol–water partition coefficient (Wildman–Crippen LogP) is 4.65. The van der Waals surface area contributed by atoms with E-state index in [4.69, 9.17) is 4.74 Å². The van der Waals surface area contributed by atoms with Crippen molar-refractivity contribution >= 4 is 48.9 Å². The molecule has 3 rings (SSSR count). The fourth-order valence-electron chi connectivity index (χ4n) is 3.05. The lowest BCUT2D eigenvalue weighted by molar-refractivity contribution is -0.385. The minimum absolute atomic E-state index is 0.107. The summed E-state index contributed by atoms with van der Waals surface area (Å²) >= 11 is 3.12. The largest absolute Gasteiger partial charge is 0.497 e. The van der Waals surface area contributed by atoms with Crippen molar-refractivity contribution in [3.05, 3.63) is 86.6 Å². The normalized spacial score (nSPS) is 11.1. The van der Waals surface area contributed by atoms with Gasteiger partial charge in [0.05, 0.1) is 28.3 Å². The van der Waals surface area contributed by atoms with Gasteiger partial charge >= 0.3 is 0 Å². The lowest BCUT2D eigenvalue weighted by Gasteiger charge is -2.24. The van der Waals surface area contributed by atoms with Crippen LogP contribution in [-0.4, -0.2) is 32.9 Å². The number of methoxy groups -OCH3 is 1. The molecular formula is C22H19BrFN3O6S. The smallest absolute Gasteiger partial charge is 0.273 e. The van der Waals surface area contributed by atoms with Crippen LogP contribution < -0.4 is 14.4 Å². The molecule has 0 atom stereocenters. The molecule has 178 valence electrons. The van der Waals surface area contributed by atoms with Gasteiger partial charge in [0, 0.05) is 16.1 Å². The number of nitro benzene ring substituents is 1. The number of ether oxygens (including phenoxy) is 1. The molecule has 0 fully saturated rings. The van der Waals surface area contributed by atoms with Gasteiger partial charge in [-0.05, 0) is 55.5 Å². The van der Waals surface area contributed by atoms with Gasteiger partial charge in [0.15, 0.2) is 0 Å². The molecule has 0 heterocycles. The number of amides is 1. The Labute approximate surface area is 203 Å². The summed E-state index contributed by atoms with van der Waals surface area (Å²) in [5.41, 5.74) is -0.123. The first-order valence-corrected chi connectivity index (χ1v) is 11.9. The second-order valence-electron chi connectivity index (χ2n) is 7.09. The number of rotatable bonds is 8. The summed E-state index contributed by atoms with van der Waals surface area (Å²) in [5, 5.41) is 13.7. The summed E-state index contributed by atoms with van der Waals surface area (Å²) in [4.78, 5) is 23.0. The quantitative estimate of drug-likeness (QED) is 0.321. The van der Waals surface area contributed by atoms with Gasteiger partial charge in [-0.15, -0.1) is 0 Å². The number of halogens is 2. The van der Waals surface area contributed by atoms with Crippen molar-refractivity contribution in [3.63, 3.8) is 0 Å². The predicted molar refractivity (Wildman–Crippen MR) is 128 cm³/mol. The summed E-state index contributed by atoms with van der Waals surface area (Å²) in [7, 11) is -2.99. The van der Waals surface area contributed by atoms with E-state index < -0.39 is 33.2 Å². The minimum atomic E-state index is -4.42. The molecule has 0 saturated carbocycles. The number of aryl methyl sites for hydroxylation is 1. The van der Waals surface area contributed by atoms with E-state index in [1.807, 2.05) is 0 Å². The van der Waals surface area contributed by atoms with E-state index in [2.05, 4.69) is 21.2 Å².